The Kier molecular flexibility index (Phi) is 11.9. The second kappa shape index (κ2) is 14.0. The Bertz CT molecular complexity index is 1100. The zero-order chi connectivity index (χ0) is 29.3. The first-order valence-corrected chi connectivity index (χ1v) is 15.0. The quantitative estimate of drug-likeness (QED) is 0.165. The minimum atomic E-state index is -2.62. The predicted molar refractivity (Wildman–Crippen MR) is 161 cm³/mol. The molecule has 214 valence electrons. The molecule has 0 saturated carbocycles. The predicted octanol–water partition coefficient (Wildman–Crippen LogP) is 6.97. The molecular weight excluding hydrogens is 507 g/mol. The van der Waals surface area contributed by atoms with Gasteiger partial charge in [-0.05, 0) is 29.5 Å². The van der Waals surface area contributed by atoms with Crippen LogP contribution in [-0.4, -0.2) is 31.0 Å². The number of hydrogen-bond donors (Lipinski definition) is 5. The monoisotopic (exact) mass is 554 g/mol. The fourth-order valence-electron chi connectivity index (χ4n) is 6.36. The van der Waals surface area contributed by atoms with Crippen molar-refractivity contribution in [1.82, 2.24) is 0 Å². The Hall–Kier alpha value is -2.11. The van der Waals surface area contributed by atoms with Crippen molar-refractivity contribution in [2.75, 3.05) is 0 Å². The summed E-state index contributed by atoms with van der Waals surface area (Å²) in [6.07, 6.45) is 2.50. The number of hydrogen-bond acceptors (Lipinski definition) is 5. The summed E-state index contributed by atoms with van der Waals surface area (Å²) >= 11 is 0. The number of rotatable bonds is 11. The number of aliphatic hydroxyl groups excluding tert-OH is 1. The summed E-state index contributed by atoms with van der Waals surface area (Å²) in [5.41, 5.74) is -0.385. The molecule has 0 bridgehead atoms. The Balaban J connectivity index is 0.00000124. The maximum absolute atomic E-state index is 13.3. The summed E-state index contributed by atoms with van der Waals surface area (Å²) in [7, 11) is -2.62. The van der Waals surface area contributed by atoms with Crippen molar-refractivity contribution < 1.29 is 24.9 Å². The SMILES string of the molecule is CCCCC(CC)(C(O)C(C)(C)c1ccccc1)C(O)(c1ccccc1)C(C)(C)c1ccccc1.OP(O)O. The van der Waals surface area contributed by atoms with Gasteiger partial charge in [-0.25, -0.2) is 0 Å². The van der Waals surface area contributed by atoms with E-state index in [1.165, 1.54) is 0 Å². The van der Waals surface area contributed by atoms with Crippen LogP contribution in [0.2, 0.25) is 0 Å². The molecular formula is C33H47O5P. The highest BCUT2D eigenvalue weighted by atomic mass is 31.2. The average Bonchev–Trinajstić information content (AvgIpc) is 2.94. The maximum Gasteiger partial charge on any atom is 0.324 e. The Morgan fingerprint density at radius 3 is 1.44 bits per heavy atom. The molecule has 0 radical (unpaired) electrons. The van der Waals surface area contributed by atoms with E-state index in [4.69, 9.17) is 14.7 Å². The van der Waals surface area contributed by atoms with Crippen molar-refractivity contribution in [1.29, 1.82) is 0 Å². The fourth-order valence-corrected chi connectivity index (χ4v) is 6.36. The highest BCUT2D eigenvalue weighted by Crippen LogP contribution is 2.60. The van der Waals surface area contributed by atoms with Gasteiger partial charge in [0.15, 0.2) is 0 Å². The van der Waals surface area contributed by atoms with Crippen molar-refractivity contribution in [2.24, 2.45) is 5.41 Å². The Labute approximate surface area is 236 Å². The zero-order valence-electron chi connectivity index (χ0n) is 24.2. The summed E-state index contributed by atoms with van der Waals surface area (Å²) in [6.45, 7) is 12.8. The first kappa shape index (κ1) is 33.1. The lowest BCUT2D eigenvalue weighted by molar-refractivity contribution is -0.208. The first-order valence-electron chi connectivity index (χ1n) is 13.8. The molecule has 0 aromatic heterocycles. The molecule has 0 saturated heterocycles. The van der Waals surface area contributed by atoms with E-state index in [2.05, 4.69) is 65.8 Å². The number of benzene rings is 3. The standard InChI is InChI=1S/C33H44O2.H3O3P/c1-7-9-25-32(8-2,29(34)30(3,4)26-19-13-10-14-20-26)33(35,28-23-17-12-18-24-28)31(5,6)27-21-15-11-16-22-27;1-4(2)3/h10-24,29,34-35H,7-9,25H2,1-6H3;1-3H. The fraction of sp³-hybridized carbons (Fsp3) is 0.455. The van der Waals surface area contributed by atoms with Crippen molar-refractivity contribution in [2.45, 2.75) is 89.8 Å². The van der Waals surface area contributed by atoms with E-state index in [1.807, 2.05) is 66.7 Å². The van der Waals surface area contributed by atoms with E-state index < -0.39 is 36.6 Å². The van der Waals surface area contributed by atoms with Crippen LogP contribution in [0.1, 0.15) is 83.9 Å². The second-order valence-corrected chi connectivity index (χ2v) is 12.0. The summed E-state index contributed by atoms with van der Waals surface area (Å²) in [5, 5.41) is 25.8. The van der Waals surface area contributed by atoms with Crippen LogP contribution in [0.5, 0.6) is 0 Å². The summed E-state index contributed by atoms with van der Waals surface area (Å²) in [6, 6.07) is 30.6. The van der Waals surface area contributed by atoms with E-state index in [-0.39, 0.29) is 0 Å². The van der Waals surface area contributed by atoms with Gasteiger partial charge in [-0.15, -0.1) is 0 Å². The van der Waals surface area contributed by atoms with Gasteiger partial charge in [0.2, 0.25) is 0 Å². The van der Waals surface area contributed by atoms with Gasteiger partial charge in [0.25, 0.3) is 0 Å². The van der Waals surface area contributed by atoms with E-state index in [0.29, 0.717) is 6.42 Å². The van der Waals surface area contributed by atoms with E-state index >= 15 is 0 Å². The van der Waals surface area contributed by atoms with Crippen LogP contribution < -0.4 is 0 Å². The van der Waals surface area contributed by atoms with Crippen LogP contribution in [0.3, 0.4) is 0 Å². The molecule has 3 unspecified atom stereocenters. The zero-order valence-corrected chi connectivity index (χ0v) is 25.1. The lowest BCUT2D eigenvalue weighted by Gasteiger charge is -2.60. The number of unbranched alkanes of at least 4 members (excludes halogenated alkanes) is 1. The van der Waals surface area contributed by atoms with Crippen LogP contribution in [-0.2, 0) is 16.4 Å². The largest absolute Gasteiger partial charge is 0.392 e. The smallest absolute Gasteiger partial charge is 0.324 e. The summed E-state index contributed by atoms with van der Waals surface area (Å²) in [5.74, 6) is 0. The molecule has 5 N–H and O–H groups in total. The van der Waals surface area contributed by atoms with Gasteiger partial charge < -0.3 is 24.9 Å². The van der Waals surface area contributed by atoms with E-state index in [1.54, 1.807) is 0 Å². The molecule has 0 heterocycles. The molecule has 3 rings (SSSR count). The molecule has 39 heavy (non-hydrogen) atoms. The topological polar surface area (TPSA) is 101 Å². The van der Waals surface area contributed by atoms with Gasteiger partial charge in [0.1, 0.15) is 5.60 Å². The molecule has 5 nitrogen and oxygen atoms in total. The second-order valence-electron chi connectivity index (χ2n) is 11.4. The van der Waals surface area contributed by atoms with Crippen molar-refractivity contribution in [3.63, 3.8) is 0 Å². The highest BCUT2D eigenvalue weighted by Gasteiger charge is 2.63. The van der Waals surface area contributed by atoms with Crippen LogP contribution >= 0.6 is 8.60 Å². The third kappa shape index (κ3) is 6.79. The normalized spacial score (nSPS) is 16.0. The highest BCUT2D eigenvalue weighted by molar-refractivity contribution is 7.38. The molecule has 0 aliphatic heterocycles. The van der Waals surface area contributed by atoms with Crippen LogP contribution in [0, 0.1) is 5.41 Å². The van der Waals surface area contributed by atoms with Crippen LogP contribution in [0.4, 0.5) is 0 Å². The lowest BCUT2D eigenvalue weighted by Crippen LogP contribution is -2.64. The van der Waals surface area contributed by atoms with Gasteiger partial charge in [-0.1, -0.05) is 145 Å². The van der Waals surface area contributed by atoms with Gasteiger partial charge in [-0.2, -0.15) is 0 Å². The third-order valence-electron chi connectivity index (χ3n) is 8.64. The molecule has 0 aliphatic rings. The average molecular weight is 555 g/mol. The molecule has 3 atom stereocenters. The molecule has 3 aromatic carbocycles. The number of aliphatic hydroxyl groups is 2. The lowest BCUT2D eigenvalue weighted by atomic mass is 9.48. The molecule has 6 heteroatoms. The van der Waals surface area contributed by atoms with Crippen LogP contribution in [0.25, 0.3) is 0 Å². The summed E-state index contributed by atoms with van der Waals surface area (Å²) < 4.78 is 0. The van der Waals surface area contributed by atoms with Crippen LogP contribution in [0.15, 0.2) is 91.0 Å². The van der Waals surface area contributed by atoms with E-state index in [0.717, 1.165) is 36.0 Å². The van der Waals surface area contributed by atoms with Crippen molar-refractivity contribution >= 4 is 8.60 Å². The Morgan fingerprint density at radius 2 is 1.05 bits per heavy atom. The molecule has 3 aromatic rings. The van der Waals surface area contributed by atoms with Crippen molar-refractivity contribution in [3.05, 3.63) is 108 Å². The summed E-state index contributed by atoms with van der Waals surface area (Å²) in [4.78, 5) is 21.7. The van der Waals surface area contributed by atoms with Gasteiger partial charge in [-0.3, -0.25) is 0 Å². The molecule has 0 fully saturated rings. The Morgan fingerprint density at radius 1 is 0.667 bits per heavy atom. The molecule has 0 spiro atoms. The van der Waals surface area contributed by atoms with Gasteiger partial charge in [0.05, 0.1) is 6.10 Å². The molecule has 0 aliphatic carbocycles. The van der Waals surface area contributed by atoms with Gasteiger partial charge >= 0.3 is 8.60 Å². The maximum atomic E-state index is 13.3. The minimum Gasteiger partial charge on any atom is -0.392 e. The molecule has 0 amide bonds. The third-order valence-corrected chi connectivity index (χ3v) is 8.64. The van der Waals surface area contributed by atoms with E-state index in [9.17, 15) is 10.2 Å². The first-order chi connectivity index (χ1) is 18.3. The van der Waals surface area contributed by atoms with Crippen molar-refractivity contribution in [3.8, 4) is 0 Å². The minimum absolute atomic E-state index is 0.569. The van der Waals surface area contributed by atoms with Gasteiger partial charge in [0, 0.05) is 16.2 Å².